The molecule has 4 nitrogen and oxygen atoms in total. The van der Waals surface area contributed by atoms with Crippen LogP contribution in [-0.4, -0.2) is 38.3 Å². The molecule has 16 heavy (non-hydrogen) atoms. The summed E-state index contributed by atoms with van der Waals surface area (Å²) < 4.78 is 4.97. The predicted molar refractivity (Wildman–Crippen MR) is 67.1 cm³/mol. The molecule has 0 atom stereocenters. The Balaban J connectivity index is 1.77. The van der Waals surface area contributed by atoms with Crippen LogP contribution in [0.3, 0.4) is 0 Å². The Kier molecular flexibility index (Phi) is 4.15. The smallest absolute Gasteiger partial charge is 0.185 e. The van der Waals surface area contributed by atoms with Gasteiger partial charge in [-0.3, -0.25) is 0 Å². The van der Waals surface area contributed by atoms with E-state index in [-0.39, 0.29) is 0 Å². The van der Waals surface area contributed by atoms with E-state index in [0.717, 1.165) is 36.6 Å². The molecule has 1 aliphatic rings. The zero-order valence-electron chi connectivity index (χ0n) is 9.90. The van der Waals surface area contributed by atoms with Crippen LogP contribution in [0.2, 0.25) is 0 Å². The molecule has 1 aliphatic carbocycles. The van der Waals surface area contributed by atoms with Gasteiger partial charge in [0, 0.05) is 38.7 Å². The van der Waals surface area contributed by atoms with E-state index in [1.807, 2.05) is 0 Å². The van der Waals surface area contributed by atoms with E-state index in [9.17, 15) is 0 Å². The average Bonchev–Trinajstić information content (AvgIpc) is 3.03. The van der Waals surface area contributed by atoms with Crippen LogP contribution in [0.25, 0.3) is 0 Å². The third-order valence-electron chi connectivity index (χ3n) is 2.73. The summed E-state index contributed by atoms with van der Waals surface area (Å²) in [5.41, 5.74) is 1.13. The monoisotopic (exact) mass is 241 g/mol. The second kappa shape index (κ2) is 5.61. The van der Waals surface area contributed by atoms with Gasteiger partial charge in [0.1, 0.15) is 0 Å². The summed E-state index contributed by atoms with van der Waals surface area (Å²) in [7, 11) is 3.85. The topological polar surface area (TPSA) is 37.4 Å². The molecule has 0 aliphatic heterocycles. The van der Waals surface area contributed by atoms with Crippen molar-refractivity contribution >= 4 is 16.5 Å². The molecule has 0 unspecified atom stereocenters. The van der Waals surface area contributed by atoms with Crippen molar-refractivity contribution in [3.05, 3.63) is 11.1 Å². The van der Waals surface area contributed by atoms with Crippen LogP contribution in [0.5, 0.6) is 0 Å². The Bertz CT molecular complexity index is 325. The molecule has 1 aromatic rings. The van der Waals surface area contributed by atoms with Gasteiger partial charge in [-0.15, -0.1) is 11.3 Å². The molecule has 2 rings (SSSR count). The van der Waals surface area contributed by atoms with Crippen molar-refractivity contribution in [1.29, 1.82) is 0 Å². The van der Waals surface area contributed by atoms with Crippen molar-refractivity contribution in [2.75, 3.05) is 32.2 Å². The highest BCUT2D eigenvalue weighted by atomic mass is 32.1. The number of anilines is 1. The Hall–Kier alpha value is -0.650. The minimum atomic E-state index is 0.737. The van der Waals surface area contributed by atoms with E-state index in [1.54, 1.807) is 18.4 Å². The summed E-state index contributed by atoms with van der Waals surface area (Å²) in [5, 5.41) is 6.58. The molecule has 1 aromatic heterocycles. The number of nitrogens with one attached hydrogen (secondary N) is 1. The van der Waals surface area contributed by atoms with E-state index < -0.39 is 0 Å². The molecule has 1 fully saturated rings. The quantitative estimate of drug-likeness (QED) is 0.734. The second-order valence-electron chi connectivity index (χ2n) is 4.13. The second-order valence-corrected chi connectivity index (χ2v) is 4.97. The highest BCUT2D eigenvalue weighted by Gasteiger charge is 2.27. The zero-order valence-corrected chi connectivity index (χ0v) is 10.7. The maximum atomic E-state index is 4.97. The minimum Gasteiger partial charge on any atom is -0.383 e. The molecule has 0 radical (unpaired) electrons. The fourth-order valence-electron chi connectivity index (χ4n) is 1.55. The standard InChI is InChI=1S/C11H19N3OS/c1-14(10-3-4-10)11-13-9(8-16-11)7-12-5-6-15-2/h8,10,12H,3-7H2,1-2H3. The van der Waals surface area contributed by atoms with Gasteiger partial charge >= 0.3 is 0 Å². The Morgan fingerprint density at radius 3 is 3.12 bits per heavy atom. The highest BCUT2D eigenvalue weighted by molar-refractivity contribution is 7.13. The fraction of sp³-hybridized carbons (Fsp3) is 0.727. The van der Waals surface area contributed by atoms with Crippen molar-refractivity contribution < 1.29 is 4.74 Å². The molecule has 0 saturated heterocycles. The lowest BCUT2D eigenvalue weighted by atomic mass is 10.5. The molecule has 1 saturated carbocycles. The molecule has 90 valence electrons. The lowest BCUT2D eigenvalue weighted by Gasteiger charge is -2.13. The summed E-state index contributed by atoms with van der Waals surface area (Å²) in [6.07, 6.45) is 2.63. The fourth-order valence-corrected chi connectivity index (χ4v) is 2.41. The van der Waals surface area contributed by atoms with Gasteiger partial charge in [-0.25, -0.2) is 4.98 Å². The molecular formula is C11H19N3OS. The first-order chi connectivity index (χ1) is 7.81. The number of methoxy groups -OCH3 is 1. The summed E-state index contributed by atoms with van der Waals surface area (Å²) in [4.78, 5) is 6.91. The zero-order chi connectivity index (χ0) is 11.4. The first-order valence-electron chi connectivity index (χ1n) is 5.68. The minimum absolute atomic E-state index is 0.737. The van der Waals surface area contributed by atoms with Gasteiger partial charge in [0.2, 0.25) is 0 Å². The molecule has 0 aromatic carbocycles. The lowest BCUT2D eigenvalue weighted by Crippen LogP contribution is -2.20. The van der Waals surface area contributed by atoms with Crippen LogP contribution in [0.15, 0.2) is 5.38 Å². The Morgan fingerprint density at radius 2 is 2.44 bits per heavy atom. The van der Waals surface area contributed by atoms with Crippen molar-refractivity contribution in [2.45, 2.75) is 25.4 Å². The molecule has 1 heterocycles. The van der Waals surface area contributed by atoms with Crippen LogP contribution >= 0.6 is 11.3 Å². The summed E-state index contributed by atoms with van der Waals surface area (Å²) in [6.45, 7) is 2.46. The molecule has 0 bridgehead atoms. The van der Waals surface area contributed by atoms with Gasteiger partial charge in [0.15, 0.2) is 5.13 Å². The summed E-state index contributed by atoms with van der Waals surface area (Å²) in [6, 6.07) is 0.737. The van der Waals surface area contributed by atoms with Crippen molar-refractivity contribution in [1.82, 2.24) is 10.3 Å². The van der Waals surface area contributed by atoms with Gasteiger partial charge in [-0.1, -0.05) is 0 Å². The maximum absolute atomic E-state index is 4.97. The largest absolute Gasteiger partial charge is 0.383 e. The number of ether oxygens (including phenoxy) is 1. The van der Waals surface area contributed by atoms with Gasteiger partial charge in [-0.05, 0) is 12.8 Å². The number of nitrogens with zero attached hydrogens (tertiary/aromatic N) is 2. The van der Waals surface area contributed by atoms with Gasteiger partial charge in [0.25, 0.3) is 0 Å². The van der Waals surface area contributed by atoms with E-state index in [1.165, 1.54) is 12.8 Å². The molecule has 5 heteroatoms. The number of hydrogen-bond donors (Lipinski definition) is 1. The molecule has 1 N–H and O–H groups in total. The van der Waals surface area contributed by atoms with Crippen LogP contribution in [-0.2, 0) is 11.3 Å². The number of hydrogen-bond acceptors (Lipinski definition) is 5. The number of rotatable bonds is 7. The SMILES string of the molecule is COCCNCc1csc(N(C)C2CC2)n1. The molecule has 0 spiro atoms. The van der Waals surface area contributed by atoms with E-state index in [0.29, 0.717) is 0 Å². The van der Waals surface area contributed by atoms with Crippen LogP contribution in [0.4, 0.5) is 5.13 Å². The number of thiazole rings is 1. The van der Waals surface area contributed by atoms with Crippen LogP contribution in [0.1, 0.15) is 18.5 Å². The van der Waals surface area contributed by atoms with Crippen molar-refractivity contribution in [3.8, 4) is 0 Å². The van der Waals surface area contributed by atoms with E-state index >= 15 is 0 Å². The molecule has 0 amide bonds. The number of aromatic nitrogens is 1. The predicted octanol–water partition coefficient (Wildman–Crippen LogP) is 1.48. The summed E-state index contributed by atoms with van der Waals surface area (Å²) in [5.74, 6) is 0. The van der Waals surface area contributed by atoms with Gasteiger partial charge in [-0.2, -0.15) is 0 Å². The van der Waals surface area contributed by atoms with Gasteiger partial charge in [0.05, 0.1) is 12.3 Å². The highest BCUT2D eigenvalue weighted by Crippen LogP contribution is 2.31. The van der Waals surface area contributed by atoms with E-state index in [2.05, 4.69) is 27.6 Å². The first-order valence-corrected chi connectivity index (χ1v) is 6.56. The van der Waals surface area contributed by atoms with Crippen LogP contribution in [0, 0.1) is 0 Å². The Morgan fingerprint density at radius 1 is 1.62 bits per heavy atom. The van der Waals surface area contributed by atoms with Crippen LogP contribution < -0.4 is 10.2 Å². The van der Waals surface area contributed by atoms with Crippen molar-refractivity contribution in [2.24, 2.45) is 0 Å². The lowest BCUT2D eigenvalue weighted by molar-refractivity contribution is 0.199. The van der Waals surface area contributed by atoms with Gasteiger partial charge < -0.3 is 15.0 Å². The average molecular weight is 241 g/mol. The maximum Gasteiger partial charge on any atom is 0.185 e. The summed E-state index contributed by atoms with van der Waals surface area (Å²) >= 11 is 1.73. The third kappa shape index (κ3) is 3.17. The normalized spacial score (nSPS) is 15.4. The Labute approximate surface area is 101 Å². The van der Waals surface area contributed by atoms with Crippen molar-refractivity contribution in [3.63, 3.8) is 0 Å². The van der Waals surface area contributed by atoms with E-state index in [4.69, 9.17) is 4.74 Å². The first kappa shape index (κ1) is 11.8. The third-order valence-corrected chi connectivity index (χ3v) is 3.71. The molecular weight excluding hydrogens is 222 g/mol.